The van der Waals surface area contributed by atoms with Gasteiger partial charge in [0.1, 0.15) is 0 Å². The molecule has 0 aliphatic heterocycles. The van der Waals surface area contributed by atoms with Crippen LogP contribution in [0, 0.1) is 0 Å². The minimum absolute atomic E-state index is 0.277. The summed E-state index contributed by atoms with van der Waals surface area (Å²) in [6, 6.07) is 5.06. The Labute approximate surface area is 134 Å². The van der Waals surface area contributed by atoms with Crippen LogP contribution in [0.3, 0.4) is 0 Å². The molecule has 0 unspecified atom stereocenters. The van der Waals surface area contributed by atoms with Gasteiger partial charge in [0.15, 0.2) is 5.13 Å². The van der Waals surface area contributed by atoms with Crippen molar-refractivity contribution >= 4 is 45.6 Å². The van der Waals surface area contributed by atoms with Gasteiger partial charge in [-0.3, -0.25) is 10.1 Å². The maximum absolute atomic E-state index is 12.0. The van der Waals surface area contributed by atoms with Gasteiger partial charge in [0, 0.05) is 22.8 Å². The minimum Gasteiger partial charge on any atom is -0.298 e. The number of rotatable bonds is 3. The number of thiazole rings is 1. The summed E-state index contributed by atoms with van der Waals surface area (Å²) in [5, 5.41) is 10.1. The van der Waals surface area contributed by atoms with E-state index in [9.17, 15) is 4.79 Å². The average molecular weight is 339 g/mol. The van der Waals surface area contributed by atoms with Crippen LogP contribution in [-0.4, -0.2) is 20.7 Å². The molecule has 0 spiro atoms. The summed E-state index contributed by atoms with van der Waals surface area (Å²) in [5.74, 6) is -0.277. The third-order valence-corrected chi connectivity index (χ3v) is 3.88. The summed E-state index contributed by atoms with van der Waals surface area (Å²) in [6.07, 6.45) is 4.68. The number of benzene rings is 1. The summed E-state index contributed by atoms with van der Waals surface area (Å²) < 4.78 is 1.52. The van der Waals surface area contributed by atoms with E-state index in [1.54, 1.807) is 36.0 Å². The number of aromatic nitrogens is 3. The lowest BCUT2D eigenvalue weighted by molar-refractivity contribution is 0.102. The molecule has 0 aliphatic carbocycles. The summed E-state index contributed by atoms with van der Waals surface area (Å²) in [4.78, 5) is 16.0. The van der Waals surface area contributed by atoms with Gasteiger partial charge < -0.3 is 0 Å². The predicted octanol–water partition coefficient (Wildman–Crippen LogP) is 3.89. The first-order valence-corrected chi connectivity index (χ1v) is 7.48. The standard InChI is InChI=1S/C13H8Cl2N4OS/c14-9-1-2-11(10(15)5-9)19-7-8(6-17-19)12(20)18-13-16-3-4-21-13/h1-7H,(H,16,18,20). The first kappa shape index (κ1) is 14.1. The second-order valence-electron chi connectivity index (χ2n) is 4.06. The molecule has 3 aromatic rings. The smallest absolute Gasteiger partial charge is 0.260 e. The number of amides is 1. The molecule has 2 heterocycles. The van der Waals surface area contributed by atoms with E-state index in [0.717, 1.165) is 0 Å². The molecule has 0 saturated heterocycles. The van der Waals surface area contributed by atoms with Crippen LogP contribution in [0.4, 0.5) is 5.13 Å². The van der Waals surface area contributed by atoms with Crippen molar-refractivity contribution in [3.05, 3.63) is 57.8 Å². The highest BCUT2D eigenvalue weighted by Crippen LogP contribution is 2.24. The number of nitrogens with zero attached hydrogens (tertiary/aromatic N) is 3. The molecule has 0 bridgehead atoms. The molecule has 1 aromatic carbocycles. The van der Waals surface area contributed by atoms with Gasteiger partial charge in [-0.05, 0) is 18.2 Å². The number of nitrogens with one attached hydrogen (secondary N) is 1. The highest BCUT2D eigenvalue weighted by Gasteiger charge is 2.12. The van der Waals surface area contributed by atoms with E-state index in [1.807, 2.05) is 0 Å². The third kappa shape index (κ3) is 3.07. The molecule has 0 radical (unpaired) electrons. The minimum atomic E-state index is -0.277. The molecule has 0 fully saturated rings. The summed E-state index contributed by atoms with van der Waals surface area (Å²) in [5.41, 5.74) is 1.06. The molecular weight excluding hydrogens is 331 g/mol. The maximum Gasteiger partial charge on any atom is 0.260 e. The Balaban J connectivity index is 1.84. The van der Waals surface area contributed by atoms with Gasteiger partial charge in [-0.15, -0.1) is 11.3 Å². The van der Waals surface area contributed by atoms with Crippen molar-refractivity contribution in [2.24, 2.45) is 0 Å². The lowest BCUT2D eigenvalue weighted by atomic mass is 10.3. The molecule has 0 aliphatic rings. The first-order chi connectivity index (χ1) is 10.1. The molecule has 3 rings (SSSR count). The highest BCUT2D eigenvalue weighted by atomic mass is 35.5. The lowest BCUT2D eigenvalue weighted by Gasteiger charge is -2.04. The Hall–Kier alpha value is -1.89. The van der Waals surface area contributed by atoms with Gasteiger partial charge in [0.2, 0.25) is 0 Å². The van der Waals surface area contributed by atoms with E-state index in [-0.39, 0.29) is 5.91 Å². The molecule has 21 heavy (non-hydrogen) atoms. The van der Waals surface area contributed by atoms with Crippen LogP contribution in [0.2, 0.25) is 10.0 Å². The zero-order valence-electron chi connectivity index (χ0n) is 10.5. The Kier molecular flexibility index (Phi) is 3.92. The maximum atomic E-state index is 12.0. The fourth-order valence-electron chi connectivity index (χ4n) is 1.69. The number of carbonyl (C=O) groups excluding carboxylic acids is 1. The fourth-order valence-corrected chi connectivity index (χ4v) is 2.71. The Bertz CT molecular complexity index is 785. The molecule has 0 saturated carbocycles. The van der Waals surface area contributed by atoms with Crippen molar-refractivity contribution in [2.75, 3.05) is 5.32 Å². The second-order valence-corrected chi connectivity index (χ2v) is 5.80. The molecule has 0 atom stereocenters. The van der Waals surface area contributed by atoms with Gasteiger partial charge in [-0.2, -0.15) is 5.10 Å². The van der Waals surface area contributed by atoms with Crippen LogP contribution in [0.15, 0.2) is 42.2 Å². The predicted molar refractivity (Wildman–Crippen MR) is 83.7 cm³/mol. The Morgan fingerprint density at radius 1 is 1.33 bits per heavy atom. The molecule has 2 aromatic heterocycles. The van der Waals surface area contributed by atoms with Crippen LogP contribution < -0.4 is 5.32 Å². The third-order valence-electron chi connectivity index (χ3n) is 2.65. The summed E-state index contributed by atoms with van der Waals surface area (Å²) >= 11 is 13.3. The van der Waals surface area contributed by atoms with E-state index < -0.39 is 0 Å². The topological polar surface area (TPSA) is 59.8 Å². The second kappa shape index (κ2) is 5.85. The number of hydrogen-bond acceptors (Lipinski definition) is 4. The quantitative estimate of drug-likeness (QED) is 0.788. The SMILES string of the molecule is O=C(Nc1nccs1)c1cnn(-c2ccc(Cl)cc2Cl)c1. The van der Waals surface area contributed by atoms with E-state index in [4.69, 9.17) is 23.2 Å². The highest BCUT2D eigenvalue weighted by molar-refractivity contribution is 7.13. The van der Waals surface area contributed by atoms with Crippen molar-refractivity contribution < 1.29 is 4.79 Å². The Morgan fingerprint density at radius 3 is 2.90 bits per heavy atom. The van der Waals surface area contributed by atoms with Gasteiger partial charge in [-0.25, -0.2) is 9.67 Å². The normalized spacial score (nSPS) is 10.6. The van der Waals surface area contributed by atoms with Crippen LogP contribution in [0.25, 0.3) is 5.69 Å². The van der Waals surface area contributed by atoms with Crippen molar-refractivity contribution in [1.29, 1.82) is 0 Å². The van der Waals surface area contributed by atoms with E-state index in [1.165, 1.54) is 22.2 Å². The van der Waals surface area contributed by atoms with E-state index in [0.29, 0.717) is 26.4 Å². The van der Waals surface area contributed by atoms with Crippen molar-refractivity contribution in [3.63, 3.8) is 0 Å². The number of anilines is 1. The molecule has 1 N–H and O–H groups in total. The van der Waals surface area contributed by atoms with Gasteiger partial charge in [0.05, 0.1) is 22.5 Å². The van der Waals surface area contributed by atoms with Gasteiger partial charge in [-0.1, -0.05) is 23.2 Å². The van der Waals surface area contributed by atoms with Gasteiger partial charge >= 0.3 is 0 Å². The molecular formula is C13H8Cl2N4OS. The lowest BCUT2D eigenvalue weighted by Crippen LogP contribution is -2.10. The molecule has 1 amide bonds. The average Bonchev–Trinajstić information content (AvgIpc) is 3.09. The largest absolute Gasteiger partial charge is 0.298 e. The monoisotopic (exact) mass is 338 g/mol. The summed E-state index contributed by atoms with van der Waals surface area (Å²) in [6.45, 7) is 0. The Morgan fingerprint density at radius 2 is 2.19 bits per heavy atom. The molecule has 5 nitrogen and oxygen atoms in total. The fraction of sp³-hybridized carbons (Fsp3) is 0. The van der Waals surface area contributed by atoms with Crippen molar-refractivity contribution in [1.82, 2.24) is 14.8 Å². The first-order valence-electron chi connectivity index (χ1n) is 5.84. The van der Waals surface area contributed by atoms with Crippen LogP contribution in [0.5, 0.6) is 0 Å². The zero-order valence-corrected chi connectivity index (χ0v) is 12.8. The zero-order chi connectivity index (χ0) is 14.8. The van der Waals surface area contributed by atoms with Gasteiger partial charge in [0.25, 0.3) is 5.91 Å². The molecule has 8 heteroatoms. The van der Waals surface area contributed by atoms with Crippen LogP contribution in [0.1, 0.15) is 10.4 Å². The molecule has 106 valence electrons. The van der Waals surface area contributed by atoms with Crippen molar-refractivity contribution in [2.45, 2.75) is 0 Å². The van der Waals surface area contributed by atoms with Crippen LogP contribution in [-0.2, 0) is 0 Å². The van der Waals surface area contributed by atoms with E-state index in [2.05, 4.69) is 15.4 Å². The van der Waals surface area contributed by atoms with E-state index >= 15 is 0 Å². The number of carbonyl (C=O) groups is 1. The number of halogens is 2. The van der Waals surface area contributed by atoms with Crippen molar-refractivity contribution in [3.8, 4) is 5.69 Å². The number of hydrogen-bond donors (Lipinski definition) is 1. The summed E-state index contributed by atoms with van der Waals surface area (Å²) in [7, 11) is 0. The van der Waals surface area contributed by atoms with Crippen LogP contribution >= 0.6 is 34.5 Å².